The molecular formula is C16H18N2O2S. The maximum atomic E-state index is 11.4. The van der Waals surface area contributed by atoms with E-state index in [0.717, 1.165) is 30.2 Å². The van der Waals surface area contributed by atoms with Crippen LogP contribution >= 0.6 is 11.3 Å². The van der Waals surface area contributed by atoms with Gasteiger partial charge in [0, 0.05) is 12.2 Å². The molecule has 0 radical (unpaired) electrons. The Labute approximate surface area is 128 Å². The van der Waals surface area contributed by atoms with Crippen molar-refractivity contribution in [3.8, 4) is 0 Å². The number of carboxylic acid groups (broad SMARTS) is 1. The molecule has 3 rings (SSSR count). The summed E-state index contributed by atoms with van der Waals surface area (Å²) in [5.41, 5.74) is 3.15. The van der Waals surface area contributed by atoms with E-state index in [-0.39, 0.29) is 5.92 Å². The van der Waals surface area contributed by atoms with E-state index in [0.29, 0.717) is 10.6 Å². The number of aromatic carboxylic acids is 1. The number of rotatable bonds is 3. The maximum Gasteiger partial charge on any atom is 0.347 e. The van der Waals surface area contributed by atoms with Crippen LogP contribution in [0.5, 0.6) is 0 Å². The molecule has 1 aliphatic rings. The third kappa shape index (κ3) is 2.53. The van der Waals surface area contributed by atoms with Crippen LogP contribution in [0.2, 0.25) is 0 Å². The van der Waals surface area contributed by atoms with Gasteiger partial charge in [-0.1, -0.05) is 43.4 Å². The average molecular weight is 302 g/mol. The second-order valence-corrected chi connectivity index (χ2v) is 6.53. The van der Waals surface area contributed by atoms with Crippen LogP contribution in [0.15, 0.2) is 24.3 Å². The summed E-state index contributed by atoms with van der Waals surface area (Å²) < 4.78 is 0. The lowest BCUT2D eigenvalue weighted by Crippen LogP contribution is -2.24. The Balaban J connectivity index is 2.06. The van der Waals surface area contributed by atoms with E-state index in [1.165, 1.54) is 16.9 Å². The highest BCUT2D eigenvalue weighted by Gasteiger charge is 2.25. The number of carboxylic acids is 1. The topological polar surface area (TPSA) is 53.4 Å². The summed E-state index contributed by atoms with van der Waals surface area (Å²) in [5, 5.41) is 10.2. The lowest BCUT2D eigenvalue weighted by Gasteiger charge is -2.28. The Morgan fingerprint density at radius 1 is 1.38 bits per heavy atom. The molecule has 0 saturated carbocycles. The molecule has 110 valence electrons. The Morgan fingerprint density at radius 2 is 2.14 bits per heavy atom. The van der Waals surface area contributed by atoms with Crippen molar-refractivity contribution in [3.63, 3.8) is 0 Å². The highest BCUT2D eigenvalue weighted by Crippen LogP contribution is 2.38. The van der Waals surface area contributed by atoms with Crippen LogP contribution in [0.3, 0.4) is 0 Å². The Bertz CT molecular complexity index is 679. The molecule has 2 aromatic rings. The summed E-state index contributed by atoms with van der Waals surface area (Å²) >= 11 is 1.28. The van der Waals surface area contributed by atoms with Crippen molar-refractivity contribution in [3.05, 3.63) is 40.4 Å². The lowest BCUT2D eigenvalue weighted by atomic mass is 10.0. The second-order valence-electron chi connectivity index (χ2n) is 5.55. The molecule has 1 aromatic carbocycles. The first kappa shape index (κ1) is 14.1. The van der Waals surface area contributed by atoms with Crippen molar-refractivity contribution in [1.82, 2.24) is 4.98 Å². The van der Waals surface area contributed by atoms with Gasteiger partial charge in [-0.2, -0.15) is 0 Å². The van der Waals surface area contributed by atoms with Crippen LogP contribution in [0.1, 0.15) is 47.1 Å². The highest BCUT2D eigenvalue weighted by molar-refractivity contribution is 7.17. The minimum Gasteiger partial charge on any atom is -0.477 e. The van der Waals surface area contributed by atoms with Gasteiger partial charge in [0.1, 0.15) is 4.88 Å². The first-order valence-corrected chi connectivity index (χ1v) is 7.99. The second kappa shape index (κ2) is 5.48. The quantitative estimate of drug-likeness (QED) is 0.929. The van der Waals surface area contributed by atoms with E-state index in [2.05, 4.69) is 22.0 Å². The predicted molar refractivity (Wildman–Crippen MR) is 84.9 cm³/mol. The van der Waals surface area contributed by atoms with Crippen molar-refractivity contribution in [1.29, 1.82) is 0 Å². The molecule has 1 aliphatic heterocycles. The van der Waals surface area contributed by atoms with Gasteiger partial charge in [-0.25, -0.2) is 9.78 Å². The fourth-order valence-corrected chi connectivity index (χ4v) is 3.81. The molecule has 1 N–H and O–H groups in total. The number of nitrogens with zero attached hydrogens (tertiary/aromatic N) is 2. The third-order valence-electron chi connectivity index (χ3n) is 3.72. The van der Waals surface area contributed by atoms with E-state index in [4.69, 9.17) is 0 Å². The summed E-state index contributed by atoms with van der Waals surface area (Å²) in [7, 11) is 0. The third-order valence-corrected chi connectivity index (χ3v) is 4.81. The smallest absolute Gasteiger partial charge is 0.347 e. The molecule has 0 saturated heterocycles. The summed E-state index contributed by atoms with van der Waals surface area (Å²) in [6.07, 6.45) is 2.14. The molecule has 0 aliphatic carbocycles. The Morgan fingerprint density at radius 3 is 2.81 bits per heavy atom. The van der Waals surface area contributed by atoms with Crippen LogP contribution < -0.4 is 4.90 Å². The SMILES string of the molecule is CC(C)c1nc(N2CCCc3ccccc32)sc1C(=O)O. The van der Waals surface area contributed by atoms with Crippen LogP contribution in [0, 0.1) is 0 Å². The molecule has 1 aromatic heterocycles. The van der Waals surface area contributed by atoms with E-state index >= 15 is 0 Å². The molecule has 0 atom stereocenters. The normalized spacial score (nSPS) is 14.3. The van der Waals surface area contributed by atoms with E-state index < -0.39 is 5.97 Å². The minimum atomic E-state index is -0.882. The fraction of sp³-hybridized carbons (Fsp3) is 0.375. The van der Waals surface area contributed by atoms with Gasteiger partial charge < -0.3 is 10.0 Å². The number of aromatic nitrogens is 1. The van der Waals surface area contributed by atoms with E-state index in [1.807, 2.05) is 26.0 Å². The minimum absolute atomic E-state index is 0.112. The van der Waals surface area contributed by atoms with Gasteiger partial charge in [-0.3, -0.25) is 0 Å². The largest absolute Gasteiger partial charge is 0.477 e. The van der Waals surface area contributed by atoms with Crippen LogP contribution in [-0.4, -0.2) is 22.6 Å². The van der Waals surface area contributed by atoms with Crippen LogP contribution in [-0.2, 0) is 6.42 Å². The zero-order chi connectivity index (χ0) is 15.0. The van der Waals surface area contributed by atoms with Crippen molar-refractivity contribution in [2.75, 3.05) is 11.4 Å². The molecular weight excluding hydrogens is 284 g/mol. The Kier molecular flexibility index (Phi) is 3.68. The molecule has 0 fully saturated rings. The first-order valence-electron chi connectivity index (χ1n) is 7.17. The molecule has 0 unspecified atom stereocenters. The van der Waals surface area contributed by atoms with Gasteiger partial charge in [-0.05, 0) is 30.4 Å². The standard InChI is InChI=1S/C16H18N2O2S/c1-10(2)13-14(15(19)20)21-16(17-13)18-9-5-7-11-6-3-4-8-12(11)18/h3-4,6,8,10H,5,7,9H2,1-2H3,(H,19,20). The zero-order valence-electron chi connectivity index (χ0n) is 12.2. The lowest BCUT2D eigenvalue weighted by molar-refractivity contribution is 0.0700. The fourth-order valence-electron chi connectivity index (χ4n) is 2.71. The molecule has 21 heavy (non-hydrogen) atoms. The molecule has 5 heteroatoms. The van der Waals surface area contributed by atoms with Crippen molar-refractivity contribution in [2.45, 2.75) is 32.6 Å². The molecule has 0 amide bonds. The Hall–Kier alpha value is -1.88. The number of benzene rings is 1. The number of anilines is 2. The van der Waals surface area contributed by atoms with Crippen LogP contribution in [0.25, 0.3) is 0 Å². The van der Waals surface area contributed by atoms with Crippen molar-refractivity contribution < 1.29 is 9.90 Å². The highest BCUT2D eigenvalue weighted by atomic mass is 32.1. The number of thiazole rings is 1. The van der Waals surface area contributed by atoms with Gasteiger partial charge in [0.2, 0.25) is 0 Å². The van der Waals surface area contributed by atoms with Gasteiger partial charge >= 0.3 is 5.97 Å². The van der Waals surface area contributed by atoms with Crippen LogP contribution in [0.4, 0.5) is 10.8 Å². The summed E-state index contributed by atoms with van der Waals surface area (Å²) in [4.78, 5) is 18.6. The van der Waals surface area contributed by atoms with Crippen molar-refractivity contribution in [2.24, 2.45) is 0 Å². The number of para-hydroxylation sites is 1. The van der Waals surface area contributed by atoms with E-state index in [1.54, 1.807) is 0 Å². The monoisotopic (exact) mass is 302 g/mol. The van der Waals surface area contributed by atoms with Gasteiger partial charge in [0.05, 0.1) is 5.69 Å². The zero-order valence-corrected chi connectivity index (χ0v) is 13.0. The van der Waals surface area contributed by atoms with E-state index in [9.17, 15) is 9.90 Å². The summed E-state index contributed by atoms with van der Waals surface area (Å²) in [6, 6.07) is 8.29. The average Bonchev–Trinajstić information content (AvgIpc) is 2.92. The summed E-state index contributed by atoms with van der Waals surface area (Å²) in [6.45, 7) is 4.85. The molecule has 4 nitrogen and oxygen atoms in total. The first-order chi connectivity index (χ1) is 10.1. The molecule has 0 spiro atoms. The predicted octanol–water partition coefficient (Wildman–Crippen LogP) is 4.05. The number of fused-ring (bicyclic) bond motifs is 1. The number of aryl methyl sites for hydroxylation is 1. The number of hydrogen-bond acceptors (Lipinski definition) is 4. The maximum absolute atomic E-state index is 11.4. The summed E-state index contributed by atoms with van der Waals surface area (Å²) in [5.74, 6) is -0.770. The molecule has 2 heterocycles. The molecule has 0 bridgehead atoms. The number of carbonyl (C=O) groups is 1. The van der Waals surface area contributed by atoms with Gasteiger partial charge in [0.15, 0.2) is 5.13 Å². The van der Waals surface area contributed by atoms with Gasteiger partial charge in [0.25, 0.3) is 0 Å². The van der Waals surface area contributed by atoms with Crippen molar-refractivity contribution >= 4 is 28.1 Å². The van der Waals surface area contributed by atoms with Gasteiger partial charge in [-0.15, -0.1) is 0 Å². The number of hydrogen-bond donors (Lipinski definition) is 1.